The third kappa shape index (κ3) is 4.07. The maximum atomic E-state index is 11.8. The number of carbonyl (C=O) groups is 1. The maximum absolute atomic E-state index is 11.8. The minimum absolute atomic E-state index is 0.146. The molecule has 3 heteroatoms. The number of nitrogens with one attached hydrogen (secondary N) is 1. The number of carbonyl (C=O) groups excluding carboxylic acids is 1. The molecular weight excluding hydrogens is 302 g/mol. The fraction of sp³-hybridized carbons (Fsp3) is 0.0625. The molecule has 19 heavy (non-hydrogen) atoms. The van der Waals surface area contributed by atoms with Crippen LogP contribution in [0, 0.1) is 6.92 Å². The third-order valence-corrected chi connectivity index (χ3v) is 3.33. The number of benzene rings is 2. The average Bonchev–Trinajstić information content (AvgIpc) is 2.41. The van der Waals surface area contributed by atoms with Crippen LogP contribution < -0.4 is 5.32 Å². The first kappa shape index (κ1) is 13.6. The molecule has 2 rings (SSSR count). The zero-order valence-corrected chi connectivity index (χ0v) is 12.1. The molecule has 0 fully saturated rings. The summed E-state index contributed by atoms with van der Waals surface area (Å²) in [4.78, 5) is 11.8. The van der Waals surface area contributed by atoms with E-state index < -0.39 is 0 Å². The molecule has 0 saturated carbocycles. The van der Waals surface area contributed by atoms with E-state index in [4.69, 9.17) is 0 Å². The van der Waals surface area contributed by atoms with E-state index in [2.05, 4.69) is 21.2 Å². The SMILES string of the molecule is Cc1ccc(/C=C/C(=O)Nc2ccccc2Br)cc1. The number of hydrogen-bond acceptors (Lipinski definition) is 1. The van der Waals surface area contributed by atoms with Crippen LogP contribution in [0.1, 0.15) is 11.1 Å². The van der Waals surface area contributed by atoms with Crippen LogP contribution in [0.2, 0.25) is 0 Å². The van der Waals surface area contributed by atoms with Crippen LogP contribution in [-0.2, 0) is 4.79 Å². The molecule has 0 heterocycles. The summed E-state index contributed by atoms with van der Waals surface area (Å²) >= 11 is 3.39. The van der Waals surface area contributed by atoms with Crippen molar-refractivity contribution in [2.24, 2.45) is 0 Å². The minimum Gasteiger partial charge on any atom is -0.321 e. The second-order valence-corrected chi connectivity index (χ2v) is 5.07. The quantitative estimate of drug-likeness (QED) is 0.835. The van der Waals surface area contributed by atoms with E-state index in [1.165, 1.54) is 11.6 Å². The van der Waals surface area contributed by atoms with Gasteiger partial charge in [0.15, 0.2) is 0 Å². The zero-order chi connectivity index (χ0) is 13.7. The molecular formula is C16H14BrNO. The third-order valence-electron chi connectivity index (χ3n) is 2.64. The fourth-order valence-electron chi connectivity index (χ4n) is 1.59. The summed E-state index contributed by atoms with van der Waals surface area (Å²) in [6.07, 6.45) is 3.33. The predicted molar refractivity (Wildman–Crippen MR) is 83.0 cm³/mol. The molecule has 2 nitrogen and oxygen atoms in total. The Morgan fingerprint density at radius 1 is 1.11 bits per heavy atom. The van der Waals surface area contributed by atoms with Gasteiger partial charge in [-0.2, -0.15) is 0 Å². The Labute approximate surface area is 121 Å². The van der Waals surface area contributed by atoms with Gasteiger partial charge in [-0.05, 0) is 46.6 Å². The van der Waals surface area contributed by atoms with Gasteiger partial charge in [0.05, 0.1) is 5.69 Å². The van der Waals surface area contributed by atoms with Gasteiger partial charge < -0.3 is 5.32 Å². The summed E-state index contributed by atoms with van der Waals surface area (Å²) in [6.45, 7) is 2.03. The van der Waals surface area contributed by atoms with E-state index in [1.54, 1.807) is 6.08 Å². The molecule has 0 radical (unpaired) electrons. The lowest BCUT2D eigenvalue weighted by Gasteiger charge is -2.04. The fourth-order valence-corrected chi connectivity index (χ4v) is 1.97. The lowest BCUT2D eigenvalue weighted by atomic mass is 10.1. The summed E-state index contributed by atoms with van der Waals surface area (Å²) in [5.41, 5.74) is 2.98. The second kappa shape index (κ2) is 6.34. The Kier molecular flexibility index (Phi) is 4.53. The topological polar surface area (TPSA) is 29.1 Å². The van der Waals surface area contributed by atoms with E-state index in [1.807, 2.05) is 55.5 Å². The smallest absolute Gasteiger partial charge is 0.248 e. The Hall–Kier alpha value is -1.87. The molecule has 2 aromatic rings. The van der Waals surface area contributed by atoms with E-state index in [-0.39, 0.29) is 5.91 Å². The molecule has 2 aromatic carbocycles. The van der Waals surface area contributed by atoms with Crippen molar-refractivity contribution in [1.82, 2.24) is 0 Å². The number of anilines is 1. The number of aryl methyl sites for hydroxylation is 1. The van der Waals surface area contributed by atoms with Gasteiger partial charge in [0, 0.05) is 10.5 Å². The highest BCUT2D eigenvalue weighted by Gasteiger charge is 2.01. The number of amides is 1. The van der Waals surface area contributed by atoms with Crippen molar-refractivity contribution >= 4 is 33.6 Å². The highest BCUT2D eigenvalue weighted by atomic mass is 79.9. The molecule has 0 atom stereocenters. The van der Waals surface area contributed by atoms with Crippen molar-refractivity contribution in [2.45, 2.75) is 6.92 Å². The van der Waals surface area contributed by atoms with Crippen LogP contribution in [0.3, 0.4) is 0 Å². The maximum Gasteiger partial charge on any atom is 0.248 e. The van der Waals surface area contributed by atoms with Crippen molar-refractivity contribution in [1.29, 1.82) is 0 Å². The van der Waals surface area contributed by atoms with Crippen molar-refractivity contribution in [2.75, 3.05) is 5.32 Å². The highest BCUT2D eigenvalue weighted by molar-refractivity contribution is 9.10. The van der Waals surface area contributed by atoms with Gasteiger partial charge in [-0.3, -0.25) is 4.79 Å². The van der Waals surface area contributed by atoms with Gasteiger partial charge in [-0.1, -0.05) is 42.0 Å². The molecule has 0 saturated heterocycles. The van der Waals surface area contributed by atoms with E-state index in [9.17, 15) is 4.79 Å². The van der Waals surface area contributed by atoms with Crippen LogP contribution in [0.25, 0.3) is 6.08 Å². The first-order chi connectivity index (χ1) is 9.15. The predicted octanol–water partition coefficient (Wildman–Crippen LogP) is 4.41. The molecule has 0 bridgehead atoms. The summed E-state index contributed by atoms with van der Waals surface area (Å²) in [6, 6.07) is 15.5. The van der Waals surface area contributed by atoms with Gasteiger partial charge in [-0.15, -0.1) is 0 Å². The second-order valence-electron chi connectivity index (χ2n) is 4.21. The van der Waals surface area contributed by atoms with Crippen LogP contribution in [0.5, 0.6) is 0 Å². The first-order valence-corrected chi connectivity index (χ1v) is 6.75. The number of rotatable bonds is 3. The minimum atomic E-state index is -0.146. The van der Waals surface area contributed by atoms with Crippen molar-refractivity contribution in [3.8, 4) is 0 Å². The van der Waals surface area contributed by atoms with E-state index >= 15 is 0 Å². The van der Waals surface area contributed by atoms with E-state index in [0.717, 1.165) is 15.7 Å². The van der Waals surface area contributed by atoms with Crippen molar-refractivity contribution < 1.29 is 4.79 Å². The average molecular weight is 316 g/mol. The molecule has 1 amide bonds. The number of halogens is 1. The molecule has 0 unspecified atom stereocenters. The Morgan fingerprint density at radius 3 is 2.47 bits per heavy atom. The normalized spacial score (nSPS) is 10.6. The van der Waals surface area contributed by atoms with Crippen LogP contribution in [-0.4, -0.2) is 5.91 Å². The Bertz CT molecular complexity index is 602. The lowest BCUT2D eigenvalue weighted by molar-refractivity contribution is -0.111. The standard InChI is InChI=1S/C16H14BrNO/c1-12-6-8-13(9-7-12)10-11-16(19)18-15-5-3-2-4-14(15)17/h2-11H,1H3,(H,18,19)/b11-10+. The van der Waals surface area contributed by atoms with Crippen LogP contribution >= 0.6 is 15.9 Å². The van der Waals surface area contributed by atoms with Gasteiger partial charge in [0.25, 0.3) is 0 Å². The summed E-state index contributed by atoms with van der Waals surface area (Å²) in [5.74, 6) is -0.146. The summed E-state index contributed by atoms with van der Waals surface area (Å²) in [7, 11) is 0. The molecule has 0 aromatic heterocycles. The zero-order valence-electron chi connectivity index (χ0n) is 10.6. The lowest BCUT2D eigenvalue weighted by Crippen LogP contribution is -2.07. The Balaban J connectivity index is 2.02. The van der Waals surface area contributed by atoms with Crippen LogP contribution in [0.15, 0.2) is 59.1 Å². The van der Waals surface area contributed by atoms with Crippen LogP contribution in [0.4, 0.5) is 5.69 Å². The molecule has 1 N–H and O–H groups in total. The first-order valence-electron chi connectivity index (χ1n) is 5.95. The molecule has 0 aliphatic carbocycles. The van der Waals surface area contributed by atoms with Gasteiger partial charge in [0.1, 0.15) is 0 Å². The highest BCUT2D eigenvalue weighted by Crippen LogP contribution is 2.21. The number of hydrogen-bond donors (Lipinski definition) is 1. The molecule has 96 valence electrons. The van der Waals surface area contributed by atoms with Crippen molar-refractivity contribution in [3.63, 3.8) is 0 Å². The van der Waals surface area contributed by atoms with Gasteiger partial charge in [-0.25, -0.2) is 0 Å². The van der Waals surface area contributed by atoms with Crippen molar-refractivity contribution in [3.05, 3.63) is 70.2 Å². The molecule has 0 aliphatic heterocycles. The molecule has 0 spiro atoms. The Morgan fingerprint density at radius 2 is 1.79 bits per heavy atom. The van der Waals surface area contributed by atoms with E-state index in [0.29, 0.717) is 0 Å². The summed E-state index contributed by atoms with van der Waals surface area (Å²) < 4.78 is 0.868. The monoisotopic (exact) mass is 315 g/mol. The largest absolute Gasteiger partial charge is 0.321 e. The van der Waals surface area contributed by atoms with Gasteiger partial charge in [0.2, 0.25) is 5.91 Å². The van der Waals surface area contributed by atoms with Gasteiger partial charge >= 0.3 is 0 Å². The number of para-hydroxylation sites is 1. The summed E-state index contributed by atoms with van der Waals surface area (Å²) in [5, 5.41) is 2.82. The molecule has 0 aliphatic rings.